The minimum atomic E-state index is 0.525. The molecule has 17 heavy (non-hydrogen) atoms. The Labute approximate surface area is 105 Å². The molecule has 0 aromatic heterocycles. The third kappa shape index (κ3) is 5.73. The fourth-order valence-corrected chi connectivity index (χ4v) is 1.74. The molecule has 0 bridgehead atoms. The predicted octanol–water partition coefficient (Wildman–Crippen LogP) is 1.21. The first-order valence-electron chi connectivity index (χ1n) is 6.64. The van der Waals surface area contributed by atoms with Crippen LogP contribution < -0.4 is 10.6 Å². The largest absolute Gasteiger partial charge is 0.357 e. The molecule has 2 N–H and O–H groups in total. The van der Waals surface area contributed by atoms with E-state index in [4.69, 9.17) is 0 Å². The van der Waals surface area contributed by atoms with Gasteiger partial charge in [-0.05, 0) is 33.4 Å². The second-order valence-corrected chi connectivity index (χ2v) is 4.44. The molecular weight excluding hydrogens is 212 g/mol. The molecule has 1 rings (SSSR count). The van der Waals surface area contributed by atoms with Crippen molar-refractivity contribution in [2.75, 3.05) is 33.2 Å². The Morgan fingerprint density at radius 2 is 2.06 bits per heavy atom. The van der Waals surface area contributed by atoms with Gasteiger partial charge in [-0.25, -0.2) is 0 Å². The molecule has 1 aliphatic carbocycles. The van der Waals surface area contributed by atoms with Gasteiger partial charge >= 0.3 is 0 Å². The molecule has 0 aliphatic heterocycles. The molecule has 0 saturated heterocycles. The lowest BCUT2D eigenvalue weighted by Gasteiger charge is -2.17. The van der Waals surface area contributed by atoms with E-state index in [0.29, 0.717) is 6.04 Å². The summed E-state index contributed by atoms with van der Waals surface area (Å²) in [5.41, 5.74) is 0. The molecule has 0 aromatic carbocycles. The van der Waals surface area contributed by atoms with Crippen LogP contribution in [-0.4, -0.2) is 50.1 Å². The second-order valence-electron chi connectivity index (χ2n) is 4.44. The fourth-order valence-electron chi connectivity index (χ4n) is 1.74. The van der Waals surface area contributed by atoms with Gasteiger partial charge in [0, 0.05) is 19.1 Å². The van der Waals surface area contributed by atoms with Crippen molar-refractivity contribution in [1.82, 2.24) is 15.5 Å². The summed E-state index contributed by atoms with van der Waals surface area (Å²) in [5.74, 6) is 0.950. The summed E-state index contributed by atoms with van der Waals surface area (Å²) in [6.45, 7) is 8.11. The number of hydrogen-bond acceptors (Lipinski definition) is 2. The zero-order valence-electron chi connectivity index (χ0n) is 11.4. The van der Waals surface area contributed by atoms with Gasteiger partial charge < -0.3 is 15.5 Å². The van der Waals surface area contributed by atoms with Crippen molar-refractivity contribution in [1.29, 1.82) is 0 Å². The van der Waals surface area contributed by atoms with E-state index < -0.39 is 0 Å². The van der Waals surface area contributed by atoms with Gasteiger partial charge in [-0.2, -0.15) is 0 Å². The van der Waals surface area contributed by atoms with Crippen LogP contribution in [0.1, 0.15) is 26.7 Å². The molecule has 0 atom stereocenters. The van der Waals surface area contributed by atoms with E-state index in [1.165, 1.54) is 0 Å². The summed E-state index contributed by atoms with van der Waals surface area (Å²) in [7, 11) is 2.12. The number of hydrogen-bond donors (Lipinski definition) is 2. The van der Waals surface area contributed by atoms with Crippen LogP contribution in [0.25, 0.3) is 0 Å². The first-order valence-corrected chi connectivity index (χ1v) is 6.64. The highest BCUT2D eigenvalue weighted by atomic mass is 15.2. The molecule has 1 aliphatic rings. The molecule has 0 unspecified atom stereocenters. The van der Waals surface area contributed by atoms with E-state index in [-0.39, 0.29) is 0 Å². The van der Waals surface area contributed by atoms with Crippen LogP contribution in [0.3, 0.4) is 0 Å². The van der Waals surface area contributed by atoms with Crippen LogP contribution in [-0.2, 0) is 0 Å². The lowest BCUT2D eigenvalue weighted by molar-refractivity contribution is 0.363. The third-order valence-electron chi connectivity index (χ3n) is 2.98. The predicted molar refractivity (Wildman–Crippen MR) is 74.4 cm³/mol. The standard InChI is InChI=1S/C13H26N4/c1-4-14-13(15-10-11-17(3)5-2)16-12-8-6-7-9-12/h6-7,12H,4-5,8-11H2,1-3H3,(H2,14,15,16). The number of aliphatic imine (C=N–C) groups is 1. The van der Waals surface area contributed by atoms with Crippen LogP contribution in [0.5, 0.6) is 0 Å². The summed E-state index contributed by atoms with van der Waals surface area (Å²) in [5, 5.41) is 6.76. The summed E-state index contributed by atoms with van der Waals surface area (Å²) in [6, 6.07) is 0.525. The first kappa shape index (κ1) is 14.0. The van der Waals surface area contributed by atoms with E-state index in [1.807, 2.05) is 0 Å². The van der Waals surface area contributed by atoms with Gasteiger partial charge in [0.15, 0.2) is 5.96 Å². The Hall–Kier alpha value is -1.03. The average molecular weight is 238 g/mol. The van der Waals surface area contributed by atoms with Crippen LogP contribution >= 0.6 is 0 Å². The molecule has 0 radical (unpaired) electrons. The fraction of sp³-hybridized carbons (Fsp3) is 0.769. The van der Waals surface area contributed by atoms with E-state index in [1.54, 1.807) is 0 Å². The Balaban J connectivity index is 2.32. The molecule has 0 aromatic rings. The number of likely N-dealkylation sites (N-methyl/N-ethyl adjacent to an activating group) is 1. The van der Waals surface area contributed by atoms with Crippen molar-refractivity contribution in [3.8, 4) is 0 Å². The molecular formula is C13H26N4. The van der Waals surface area contributed by atoms with Crippen LogP contribution in [0, 0.1) is 0 Å². The third-order valence-corrected chi connectivity index (χ3v) is 2.98. The van der Waals surface area contributed by atoms with Gasteiger partial charge in [0.2, 0.25) is 0 Å². The van der Waals surface area contributed by atoms with Crippen LogP contribution in [0.4, 0.5) is 0 Å². The molecule has 0 fully saturated rings. The second kappa shape index (κ2) is 8.12. The summed E-state index contributed by atoms with van der Waals surface area (Å²) in [6.07, 6.45) is 6.68. The maximum Gasteiger partial charge on any atom is 0.191 e. The number of nitrogens with one attached hydrogen (secondary N) is 2. The lowest BCUT2D eigenvalue weighted by Crippen LogP contribution is -2.42. The van der Waals surface area contributed by atoms with Crippen molar-refractivity contribution in [2.24, 2.45) is 4.99 Å². The zero-order chi connectivity index (χ0) is 12.5. The SMILES string of the molecule is CCNC(=NCCN(C)CC)NC1CC=CC1. The van der Waals surface area contributed by atoms with Crippen molar-refractivity contribution in [3.05, 3.63) is 12.2 Å². The summed E-state index contributed by atoms with van der Waals surface area (Å²) in [4.78, 5) is 6.86. The monoisotopic (exact) mass is 238 g/mol. The average Bonchev–Trinajstić information content (AvgIpc) is 2.81. The maximum atomic E-state index is 4.59. The van der Waals surface area contributed by atoms with Gasteiger partial charge in [-0.3, -0.25) is 4.99 Å². The van der Waals surface area contributed by atoms with Gasteiger partial charge in [0.05, 0.1) is 6.54 Å². The summed E-state index contributed by atoms with van der Waals surface area (Å²) < 4.78 is 0. The highest BCUT2D eigenvalue weighted by Crippen LogP contribution is 2.08. The van der Waals surface area contributed by atoms with E-state index >= 15 is 0 Å². The minimum absolute atomic E-state index is 0.525. The Morgan fingerprint density at radius 1 is 1.35 bits per heavy atom. The van der Waals surface area contributed by atoms with Gasteiger partial charge in [0.25, 0.3) is 0 Å². The topological polar surface area (TPSA) is 39.7 Å². The zero-order valence-corrected chi connectivity index (χ0v) is 11.4. The highest BCUT2D eigenvalue weighted by molar-refractivity contribution is 5.80. The Kier molecular flexibility index (Phi) is 6.70. The van der Waals surface area contributed by atoms with Crippen molar-refractivity contribution < 1.29 is 0 Å². The van der Waals surface area contributed by atoms with E-state index in [9.17, 15) is 0 Å². The quantitative estimate of drug-likeness (QED) is 0.415. The molecule has 0 saturated carbocycles. The van der Waals surface area contributed by atoms with Gasteiger partial charge in [-0.15, -0.1) is 0 Å². The van der Waals surface area contributed by atoms with Crippen molar-refractivity contribution in [3.63, 3.8) is 0 Å². The van der Waals surface area contributed by atoms with Gasteiger partial charge in [0.1, 0.15) is 0 Å². The Morgan fingerprint density at radius 3 is 2.65 bits per heavy atom. The first-order chi connectivity index (χ1) is 8.26. The molecule has 0 spiro atoms. The minimum Gasteiger partial charge on any atom is -0.357 e. The highest BCUT2D eigenvalue weighted by Gasteiger charge is 2.11. The maximum absolute atomic E-state index is 4.59. The van der Waals surface area contributed by atoms with E-state index in [2.05, 4.69) is 53.6 Å². The molecule has 4 nitrogen and oxygen atoms in total. The summed E-state index contributed by atoms with van der Waals surface area (Å²) >= 11 is 0. The molecule has 4 heteroatoms. The number of guanidine groups is 1. The smallest absolute Gasteiger partial charge is 0.191 e. The van der Waals surface area contributed by atoms with Crippen LogP contribution in [0.15, 0.2) is 17.1 Å². The number of rotatable bonds is 6. The Bertz CT molecular complexity index is 252. The van der Waals surface area contributed by atoms with Crippen molar-refractivity contribution >= 4 is 5.96 Å². The molecule has 0 heterocycles. The normalized spacial score (nSPS) is 16.8. The van der Waals surface area contributed by atoms with Crippen molar-refractivity contribution in [2.45, 2.75) is 32.7 Å². The van der Waals surface area contributed by atoms with E-state index in [0.717, 1.165) is 45.0 Å². The lowest BCUT2D eigenvalue weighted by atomic mass is 10.2. The molecule has 98 valence electrons. The molecule has 0 amide bonds. The van der Waals surface area contributed by atoms with Crippen LogP contribution in [0.2, 0.25) is 0 Å². The number of nitrogens with zero attached hydrogens (tertiary/aromatic N) is 2. The van der Waals surface area contributed by atoms with Gasteiger partial charge in [-0.1, -0.05) is 19.1 Å².